The van der Waals surface area contributed by atoms with Crippen molar-refractivity contribution < 1.29 is 4.79 Å². The van der Waals surface area contributed by atoms with Gasteiger partial charge >= 0.3 is 0 Å². The van der Waals surface area contributed by atoms with Crippen LogP contribution in [0.15, 0.2) is 40.4 Å². The highest BCUT2D eigenvalue weighted by atomic mass is 32.2. The number of aliphatic imine (C=N–C) groups is 1. The molecule has 2 heterocycles. The molecule has 0 bridgehead atoms. The highest BCUT2D eigenvalue weighted by molar-refractivity contribution is 8.18. The standard InChI is InChI=1S/C20H23N3OS/c1-12(2)23-11-16(9-15(23)5)10-18-19(24)22-20(25-18)21-17-7-6-13(3)14(4)8-17/h6-12H,1-5H3,(H,21,22,24)/b18-10+. The van der Waals surface area contributed by atoms with Crippen molar-refractivity contribution in [3.63, 3.8) is 0 Å². The monoisotopic (exact) mass is 353 g/mol. The summed E-state index contributed by atoms with van der Waals surface area (Å²) in [6.07, 6.45) is 4.01. The summed E-state index contributed by atoms with van der Waals surface area (Å²) in [6, 6.07) is 8.54. The molecule has 1 aliphatic rings. The van der Waals surface area contributed by atoms with Crippen LogP contribution in [0.3, 0.4) is 0 Å². The number of thioether (sulfide) groups is 1. The van der Waals surface area contributed by atoms with Gasteiger partial charge in [0.25, 0.3) is 5.91 Å². The van der Waals surface area contributed by atoms with Crippen LogP contribution in [-0.4, -0.2) is 15.6 Å². The molecule has 1 fully saturated rings. The summed E-state index contributed by atoms with van der Waals surface area (Å²) in [5.41, 5.74) is 5.51. The molecule has 5 heteroatoms. The van der Waals surface area contributed by atoms with Gasteiger partial charge in [0.15, 0.2) is 5.17 Å². The van der Waals surface area contributed by atoms with Crippen molar-refractivity contribution in [3.05, 3.63) is 57.8 Å². The molecular weight excluding hydrogens is 330 g/mol. The fourth-order valence-corrected chi connectivity index (χ4v) is 3.64. The van der Waals surface area contributed by atoms with Gasteiger partial charge < -0.3 is 9.88 Å². The maximum atomic E-state index is 12.2. The van der Waals surface area contributed by atoms with E-state index in [9.17, 15) is 4.79 Å². The molecule has 0 unspecified atom stereocenters. The van der Waals surface area contributed by atoms with E-state index in [0.717, 1.165) is 11.3 Å². The van der Waals surface area contributed by atoms with Crippen molar-refractivity contribution >= 4 is 34.6 Å². The van der Waals surface area contributed by atoms with E-state index in [1.54, 1.807) is 0 Å². The van der Waals surface area contributed by atoms with E-state index in [1.165, 1.54) is 28.6 Å². The van der Waals surface area contributed by atoms with E-state index in [0.29, 0.717) is 16.1 Å². The molecule has 2 aromatic rings. The summed E-state index contributed by atoms with van der Waals surface area (Å²) in [7, 11) is 0. The number of carbonyl (C=O) groups is 1. The Morgan fingerprint density at radius 1 is 1.16 bits per heavy atom. The number of benzene rings is 1. The zero-order chi connectivity index (χ0) is 18.1. The Morgan fingerprint density at radius 2 is 1.92 bits per heavy atom. The van der Waals surface area contributed by atoms with E-state index in [2.05, 4.69) is 61.8 Å². The Hall–Kier alpha value is -2.27. The zero-order valence-electron chi connectivity index (χ0n) is 15.3. The zero-order valence-corrected chi connectivity index (χ0v) is 16.1. The van der Waals surface area contributed by atoms with Crippen LogP contribution in [-0.2, 0) is 4.79 Å². The molecule has 0 aliphatic carbocycles. The lowest BCUT2D eigenvalue weighted by Gasteiger charge is -2.08. The third-order valence-corrected chi connectivity index (χ3v) is 5.21. The molecule has 0 saturated carbocycles. The highest BCUT2D eigenvalue weighted by Crippen LogP contribution is 2.29. The van der Waals surface area contributed by atoms with Crippen molar-refractivity contribution in [2.45, 2.75) is 40.7 Å². The van der Waals surface area contributed by atoms with Crippen molar-refractivity contribution in [1.29, 1.82) is 0 Å². The summed E-state index contributed by atoms with van der Waals surface area (Å²) < 4.78 is 2.20. The molecule has 1 aromatic carbocycles. The van der Waals surface area contributed by atoms with Gasteiger partial charge in [-0.25, -0.2) is 4.99 Å². The SMILES string of the molecule is Cc1ccc(N=C2NC(=O)/C(=C\c3cc(C)n(C(C)C)c3)S2)cc1C. The van der Waals surface area contributed by atoms with Crippen molar-refractivity contribution in [3.8, 4) is 0 Å². The van der Waals surface area contributed by atoms with E-state index in [4.69, 9.17) is 0 Å². The van der Waals surface area contributed by atoms with Gasteiger partial charge in [-0.05, 0) is 87.3 Å². The topological polar surface area (TPSA) is 46.4 Å². The van der Waals surface area contributed by atoms with E-state index >= 15 is 0 Å². The number of hydrogen-bond acceptors (Lipinski definition) is 3. The number of aromatic nitrogens is 1. The molecule has 130 valence electrons. The number of nitrogens with one attached hydrogen (secondary N) is 1. The third-order valence-electron chi connectivity index (χ3n) is 4.30. The smallest absolute Gasteiger partial charge is 0.264 e. The first-order valence-electron chi connectivity index (χ1n) is 8.39. The number of rotatable bonds is 3. The molecule has 4 nitrogen and oxygen atoms in total. The van der Waals surface area contributed by atoms with E-state index in [-0.39, 0.29) is 5.91 Å². The predicted molar refractivity (Wildman–Crippen MR) is 106 cm³/mol. The molecule has 0 radical (unpaired) electrons. The van der Waals surface area contributed by atoms with Crippen LogP contribution in [0.1, 0.15) is 42.3 Å². The van der Waals surface area contributed by atoms with Crippen LogP contribution in [0.5, 0.6) is 0 Å². The predicted octanol–water partition coefficient (Wildman–Crippen LogP) is 4.89. The Kier molecular flexibility index (Phi) is 4.86. The Balaban J connectivity index is 1.83. The van der Waals surface area contributed by atoms with Gasteiger partial charge in [-0.15, -0.1) is 0 Å². The normalized spacial score (nSPS) is 17.8. The molecule has 1 aromatic heterocycles. The number of aryl methyl sites for hydroxylation is 3. The first-order valence-corrected chi connectivity index (χ1v) is 9.20. The van der Waals surface area contributed by atoms with E-state index < -0.39 is 0 Å². The maximum absolute atomic E-state index is 12.2. The van der Waals surface area contributed by atoms with Crippen LogP contribution < -0.4 is 5.32 Å². The number of carbonyl (C=O) groups excluding carboxylic acids is 1. The van der Waals surface area contributed by atoms with Crippen LogP contribution in [0.4, 0.5) is 5.69 Å². The van der Waals surface area contributed by atoms with Crippen molar-refractivity contribution in [2.75, 3.05) is 0 Å². The molecule has 0 atom stereocenters. The fraction of sp³-hybridized carbons (Fsp3) is 0.300. The molecule has 1 amide bonds. The van der Waals surface area contributed by atoms with Crippen LogP contribution >= 0.6 is 11.8 Å². The summed E-state index contributed by atoms with van der Waals surface area (Å²) in [5, 5.41) is 3.47. The Labute approximate surface area is 153 Å². The highest BCUT2D eigenvalue weighted by Gasteiger charge is 2.24. The second-order valence-electron chi connectivity index (χ2n) is 6.67. The summed E-state index contributed by atoms with van der Waals surface area (Å²) >= 11 is 1.38. The minimum Gasteiger partial charge on any atom is -0.349 e. The fourth-order valence-electron chi connectivity index (χ4n) is 2.79. The number of amidine groups is 1. The van der Waals surface area contributed by atoms with Crippen molar-refractivity contribution in [2.24, 2.45) is 4.99 Å². The Bertz CT molecular complexity index is 890. The average molecular weight is 353 g/mol. The lowest BCUT2D eigenvalue weighted by Crippen LogP contribution is -2.19. The molecule has 0 spiro atoms. The third kappa shape index (κ3) is 3.87. The van der Waals surface area contributed by atoms with Gasteiger partial charge in [0.1, 0.15) is 0 Å². The quantitative estimate of drug-likeness (QED) is 0.799. The van der Waals surface area contributed by atoms with Gasteiger partial charge in [0, 0.05) is 17.9 Å². The van der Waals surface area contributed by atoms with Crippen molar-refractivity contribution in [1.82, 2.24) is 9.88 Å². The minimum atomic E-state index is -0.0949. The molecule has 25 heavy (non-hydrogen) atoms. The summed E-state index contributed by atoms with van der Waals surface area (Å²) in [4.78, 5) is 17.5. The Morgan fingerprint density at radius 3 is 2.56 bits per heavy atom. The van der Waals surface area contributed by atoms with Crippen LogP contribution in [0.25, 0.3) is 6.08 Å². The second kappa shape index (κ2) is 6.92. The number of hydrogen-bond donors (Lipinski definition) is 1. The van der Waals surface area contributed by atoms with Gasteiger partial charge in [-0.2, -0.15) is 0 Å². The average Bonchev–Trinajstić information content (AvgIpc) is 3.06. The van der Waals surface area contributed by atoms with Gasteiger partial charge in [0.2, 0.25) is 0 Å². The first kappa shape index (κ1) is 17.5. The van der Waals surface area contributed by atoms with Crippen LogP contribution in [0.2, 0.25) is 0 Å². The molecule has 3 rings (SSSR count). The number of nitrogens with zero attached hydrogens (tertiary/aromatic N) is 2. The van der Waals surface area contributed by atoms with Gasteiger partial charge in [-0.3, -0.25) is 4.79 Å². The number of amides is 1. The van der Waals surface area contributed by atoms with Gasteiger partial charge in [-0.1, -0.05) is 6.07 Å². The summed E-state index contributed by atoms with van der Waals surface area (Å²) in [6.45, 7) is 10.5. The van der Waals surface area contributed by atoms with Gasteiger partial charge in [0.05, 0.1) is 10.6 Å². The molecule has 1 N–H and O–H groups in total. The second-order valence-corrected chi connectivity index (χ2v) is 7.70. The maximum Gasteiger partial charge on any atom is 0.264 e. The summed E-state index contributed by atoms with van der Waals surface area (Å²) in [5.74, 6) is -0.0949. The molecule has 1 aliphatic heterocycles. The first-order chi connectivity index (χ1) is 11.8. The lowest BCUT2D eigenvalue weighted by molar-refractivity contribution is -0.115. The lowest BCUT2D eigenvalue weighted by atomic mass is 10.1. The minimum absolute atomic E-state index is 0.0949. The van der Waals surface area contributed by atoms with E-state index in [1.807, 2.05) is 24.3 Å². The molecule has 1 saturated heterocycles. The largest absolute Gasteiger partial charge is 0.349 e. The van der Waals surface area contributed by atoms with Crippen LogP contribution in [0, 0.1) is 20.8 Å². The molecular formula is C20H23N3OS.